The van der Waals surface area contributed by atoms with Gasteiger partial charge in [-0.3, -0.25) is 4.79 Å². The Labute approximate surface area is 108 Å². The zero-order valence-corrected chi connectivity index (χ0v) is 11.2. The molecule has 0 radical (unpaired) electrons. The standard InChI is InChI=1S/C14H22N2O2/c1-3-4-13-9-11(7-8-18-13)15-12-5-6-14(17)16(2)10-12/h5-6,10-11,13,15H,3-4,7-9H2,1-2H3. The molecule has 1 aromatic heterocycles. The van der Waals surface area contributed by atoms with Crippen LogP contribution in [-0.2, 0) is 11.8 Å². The molecule has 2 heterocycles. The van der Waals surface area contributed by atoms with Gasteiger partial charge in [0.1, 0.15) is 0 Å². The maximum absolute atomic E-state index is 11.3. The largest absolute Gasteiger partial charge is 0.381 e. The van der Waals surface area contributed by atoms with Crippen LogP contribution in [-0.4, -0.2) is 23.3 Å². The van der Waals surface area contributed by atoms with Crippen LogP contribution in [0.1, 0.15) is 32.6 Å². The van der Waals surface area contributed by atoms with Crippen LogP contribution in [0.15, 0.2) is 23.1 Å². The first kappa shape index (κ1) is 13.1. The van der Waals surface area contributed by atoms with Crippen LogP contribution in [0.3, 0.4) is 0 Å². The highest BCUT2D eigenvalue weighted by Crippen LogP contribution is 2.20. The van der Waals surface area contributed by atoms with E-state index in [1.165, 1.54) is 0 Å². The van der Waals surface area contributed by atoms with Gasteiger partial charge in [0.15, 0.2) is 0 Å². The molecule has 100 valence electrons. The highest BCUT2D eigenvalue weighted by atomic mass is 16.5. The van der Waals surface area contributed by atoms with E-state index in [4.69, 9.17) is 4.74 Å². The molecule has 2 atom stereocenters. The number of nitrogens with one attached hydrogen (secondary N) is 1. The second-order valence-electron chi connectivity index (χ2n) is 5.01. The first-order valence-corrected chi connectivity index (χ1v) is 6.74. The van der Waals surface area contributed by atoms with E-state index >= 15 is 0 Å². The number of aromatic nitrogens is 1. The van der Waals surface area contributed by atoms with Crippen LogP contribution in [0.2, 0.25) is 0 Å². The Morgan fingerprint density at radius 1 is 1.50 bits per heavy atom. The summed E-state index contributed by atoms with van der Waals surface area (Å²) in [6.45, 7) is 3.02. The minimum Gasteiger partial charge on any atom is -0.381 e. The minimum atomic E-state index is 0.0244. The van der Waals surface area contributed by atoms with E-state index in [-0.39, 0.29) is 5.56 Å². The van der Waals surface area contributed by atoms with Gasteiger partial charge in [-0.1, -0.05) is 13.3 Å². The van der Waals surface area contributed by atoms with Crippen LogP contribution in [0.5, 0.6) is 0 Å². The molecule has 4 heteroatoms. The SMILES string of the molecule is CCCC1CC(Nc2ccc(=O)n(C)c2)CCO1. The molecule has 0 aliphatic carbocycles. The maximum Gasteiger partial charge on any atom is 0.250 e. The van der Waals surface area contributed by atoms with E-state index in [1.807, 2.05) is 12.3 Å². The number of hydrogen-bond donors (Lipinski definition) is 1. The van der Waals surface area contributed by atoms with Crippen LogP contribution < -0.4 is 10.9 Å². The van der Waals surface area contributed by atoms with Crippen LogP contribution >= 0.6 is 0 Å². The summed E-state index contributed by atoms with van der Waals surface area (Å²) in [7, 11) is 1.78. The van der Waals surface area contributed by atoms with E-state index in [0.29, 0.717) is 12.1 Å². The van der Waals surface area contributed by atoms with E-state index in [2.05, 4.69) is 12.2 Å². The lowest BCUT2D eigenvalue weighted by Crippen LogP contribution is -2.34. The third-order valence-electron chi connectivity index (χ3n) is 3.43. The normalized spacial score (nSPS) is 23.9. The van der Waals surface area contributed by atoms with Crippen molar-refractivity contribution in [1.29, 1.82) is 0 Å². The second kappa shape index (κ2) is 6.05. The van der Waals surface area contributed by atoms with Crippen LogP contribution in [0.25, 0.3) is 0 Å². The van der Waals surface area contributed by atoms with Gasteiger partial charge in [-0.05, 0) is 25.3 Å². The molecule has 1 N–H and O–H groups in total. The number of anilines is 1. The highest BCUT2D eigenvalue weighted by molar-refractivity contribution is 5.41. The average Bonchev–Trinajstić information content (AvgIpc) is 2.35. The van der Waals surface area contributed by atoms with Crippen molar-refractivity contribution in [3.8, 4) is 0 Å². The summed E-state index contributed by atoms with van der Waals surface area (Å²) in [5.41, 5.74) is 1.04. The molecule has 1 aliphatic rings. The van der Waals surface area contributed by atoms with Crippen molar-refractivity contribution in [2.75, 3.05) is 11.9 Å². The van der Waals surface area contributed by atoms with Gasteiger partial charge in [0.2, 0.25) is 5.56 Å². The number of rotatable bonds is 4. The molecule has 1 aromatic rings. The van der Waals surface area contributed by atoms with E-state index in [0.717, 1.165) is 38.0 Å². The topological polar surface area (TPSA) is 43.3 Å². The Bertz CT molecular complexity index is 440. The zero-order chi connectivity index (χ0) is 13.0. The molecular weight excluding hydrogens is 228 g/mol. The van der Waals surface area contributed by atoms with Gasteiger partial charge in [-0.15, -0.1) is 0 Å². The number of ether oxygens (including phenoxy) is 1. The molecule has 1 fully saturated rings. The van der Waals surface area contributed by atoms with Gasteiger partial charge in [0, 0.05) is 32.0 Å². The summed E-state index contributed by atoms with van der Waals surface area (Å²) in [6, 6.07) is 3.91. The number of hydrogen-bond acceptors (Lipinski definition) is 3. The summed E-state index contributed by atoms with van der Waals surface area (Å²) in [5, 5.41) is 3.50. The molecule has 1 saturated heterocycles. The Morgan fingerprint density at radius 3 is 3.06 bits per heavy atom. The van der Waals surface area contributed by atoms with Crippen molar-refractivity contribution in [2.45, 2.75) is 44.8 Å². The molecule has 1 aliphatic heterocycles. The Hall–Kier alpha value is -1.29. The maximum atomic E-state index is 11.3. The Morgan fingerprint density at radius 2 is 2.33 bits per heavy atom. The average molecular weight is 250 g/mol. The molecule has 4 nitrogen and oxygen atoms in total. The molecule has 0 amide bonds. The molecule has 18 heavy (non-hydrogen) atoms. The summed E-state index contributed by atoms with van der Waals surface area (Å²) < 4.78 is 7.34. The van der Waals surface area contributed by atoms with Gasteiger partial charge in [-0.2, -0.15) is 0 Å². The number of nitrogens with zero attached hydrogens (tertiary/aromatic N) is 1. The van der Waals surface area contributed by atoms with Gasteiger partial charge in [0.25, 0.3) is 0 Å². The summed E-state index contributed by atoms with van der Waals surface area (Å²) in [4.78, 5) is 11.3. The van der Waals surface area contributed by atoms with E-state index in [1.54, 1.807) is 17.7 Å². The molecule has 2 unspecified atom stereocenters. The predicted octanol–water partition coefficient (Wildman–Crippen LogP) is 2.14. The highest BCUT2D eigenvalue weighted by Gasteiger charge is 2.21. The summed E-state index contributed by atoms with van der Waals surface area (Å²) in [5.74, 6) is 0. The van der Waals surface area contributed by atoms with Gasteiger partial charge in [0.05, 0.1) is 11.8 Å². The van der Waals surface area contributed by atoms with Crippen molar-refractivity contribution in [3.63, 3.8) is 0 Å². The number of pyridine rings is 1. The molecule has 0 spiro atoms. The molecule has 2 rings (SSSR count). The lowest BCUT2D eigenvalue weighted by atomic mass is 10.00. The van der Waals surface area contributed by atoms with Gasteiger partial charge < -0.3 is 14.6 Å². The monoisotopic (exact) mass is 250 g/mol. The molecule has 0 aromatic carbocycles. The smallest absolute Gasteiger partial charge is 0.250 e. The van der Waals surface area contributed by atoms with Crippen molar-refractivity contribution in [2.24, 2.45) is 7.05 Å². The molecule has 0 saturated carbocycles. The molecule has 0 bridgehead atoms. The summed E-state index contributed by atoms with van der Waals surface area (Å²) in [6.07, 6.45) is 6.61. The van der Waals surface area contributed by atoms with Crippen molar-refractivity contribution in [1.82, 2.24) is 4.57 Å². The van der Waals surface area contributed by atoms with Crippen LogP contribution in [0.4, 0.5) is 5.69 Å². The van der Waals surface area contributed by atoms with Gasteiger partial charge in [-0.25, -0.2) is 0 Å². The third kappa shape index (κ3) is 3.35. The van der Waals surface area contributed by atoms with E-state index < -0.39 is 0 Å². The summed E-state index contributed by atoms with van der Waals surface area (Å²) >= 11 is 0. The van der Waals surface area contributed by atoms with Crippen molar-refractivity contribution >= 4 is 5.69 Å². The fourth-order valence-electron chi connectivity index (χ4n) is 2.45. The Balaban J connectivity index is 1.96. The Kier molecular flexibility index (Phi) is 4.42. The first-order chi connectivity index (χ1) is 8.69. The zero-order valence-electron chi connectivity index (χ0n) is 11.2. The predicted molar refractivity (Wildman–Crippen MR) is 73.0 cm³/mol. The number of aryl methyl sites for hydroxylation is 1. The molecular formula is C14H22N2O2. The van der Waals surface area contributed by atoms with Crippen LogP contribution in [0, 0.1) is 0 Å². The van der Waals surface area contributed by atoms with E-state index in [9.17, 15) is 4.79 Å². The third-order valence-corrected chi connectivity index (χ3v) is 3.43. The quantitative estimate of drug-likeness (QED) is 0.890. The van der Waals surface area contributed by atoms with Crippen molar-refractivity contribution < 1.29 is 4.74 Å². The first-order valence-electron chi connectivity index (χ1n) is 6.74. The minimum absolute atomic E-state index is 0.0244. The lowest BCUT2D eigenvalue weighted by Gasteiger charge is -2.30. The van der Waals surface area contributed by atoms with Crippen molar-refractivity contribution in [3.05, 3.63) is 28.7 Å². The van der Waals surface area contributed by atoms with Gasteiger partial charge >= 0.3 is 0 Å². The fourth-order valence-corrected chi connectivity index (χ4v) is 2.45. The fraction of sp³-hybridized carbons (Fsp3) is 0.643. The lowest BCUT2D eigenvalue weighted by molar-refractivity contribution is 0.00597. The second-order valence-corrected chi connectivity index (χ2v) is 5.01.